The molecule has 0 unspecified atom stereocenters. The first kappa shape index (κ1) is 12.2. The lowest BCUT2D eigenvalue weighted by Gasteiger charge is -2.03. The van der Waals surface area contributed by atoms with Gasteiger partial charge in [0.1, 0.15) is 5.82 Å². The number of halogens is 3. The van der Waals surface area contributed by atoms with Gasteiger partial charge in [-0.1, -0.05) is 0 Å². The highest BCUT2D eigenvalue weighted by Gasteiger charge is 2.16. The Morgan fingerprint density at radius 3 is 2.25 bits per heavy atom. The molecule has 0 bridgehead atoms. The summed E-state index contributed by atoms with van der Waals surface area (Å²) in [5, 5.41) is 0. The lowest BCUT2D eigenvalue weighted by Crippen LogP contribution is -2.14. The van der Waals surface area contributed by atoms with Crippen LogP contribution in [0.1, 0.15) is 17.3 Å². The molecule has 0 radical (unpaired) electrons. The lowest BCUT2D eigenvalue weighted by molar-refractivity contribution is -0.139. The van der Waals surface area contributed by atoms with Crippen molar-refractivity contribution < 1.29 is 27.5 Å². The fourth-order valence-corrected chi connectivity index (χ4v) is 0.981. The van der Waals surface area contributed by atoms with E-state index in [0.29, 0.717) is 6.07 Å². The molecule has 1 aromatic rings. The summed E-state index contributed by atoms with van der Waals surface area (Å²) in [6.45, 7) is 0.353. The maximum absolute atomic E-state index is 13.0. The molecule has 16 heavy (non-hydrogen) atoms. The van der Waals surface area contributed by atoms with Crippen molar-refractivity contribution in [2.75, 3.05) is 6.61 Å². The summed E-state index contributed by atoms with van der Waals surface area (Å²) in [4.78, 5) is 21.6. The third-order valence-electron chi connectivity index (χ3n) is 1.72. The minimum absolute atomic E-state index is 0.260. The van der Waals surface area contributed by atoms with Gasteiger partial charge >= 0.3 is 5.97 Å². The van der Waals surface area contributed by atoms with Crippen molar-refractivity contribution >= 4 is 11.8 Å². The second-order valence-corrected chi connectivity index (χ2v) is 2.95. The van der Waals surface area contributed by atoms with E-state index in [2.05, 4.69) is 4.74 Å². The van der Waals surface area contributed by atoms with Gasteiger partial charge in [0.2, 0.25) is 5.78 Å². The summed E-state index contributed by atoms with van der Waals surface area (Å²) >= 11 is 0. The molecule has 0 spiro atoms. The third kappa shape index (κ3) is 2.82. The molecule has 1 rings (SSSR count). The second kappa shape index (κ2) is 4.78. The summed E-state index contributed by atoms with van der Waals surface area (Å²) in [7, 11) is 0. The molecule has 0 heterocycles. The Morgan fingerprint density at radius 2 is 1.69 bits per heavy atom. The molecule has 1 aromatic carbocycles. The van der Waals surface area contributed by atoms with E-state index in [9.17, 15) is 22.8 Å². The van der Waals surface area contributed by atoms with Gasteiger partial charge in [0.05, 0.1) is 5.56 Å². The molecule has 0 aliphatic carbocycles. The van der Waals surface area contributed by atoms with Crippen LogP contribution in [0.4, 0.5) is 13.2 Å². The zero-order valence-electron chi connectivity index (χ0n) is 8.22. The number of benzene rings is 1. The Bertz CT molecular complexity index is 443. The van der Waals surface area contributed by atoms with Gasteiger partial charge in [-0.15, -0.1) is 0 Å². The molecular weight excluding hydrogens is 225 g/mol. The smallest absolute Gasteiger partial charge is 0.303 e. The maximum Gasteiger partial charge on any atom is 0.303 e. The normalized spacial score (nSPS) is 10.0. The van der Waals surface area contributed by atoms with E-state index >= 15 is 0 Å². The quantitative estimate of drug-likeness (QED) is 0.453. The first-order chi connectivity index (χ1) is 7.41. The predicted octanol–water partition coefficient (Wildman–Crippen LogP) is 1.85. The number of ketones is 1. The van der Waals surface area contributed by atoms with Crippen LogP contribution in [0.15, 0.2) is 12.1 Å². The predicted molar refractivity (Wildman–Crippen MR) is 47.3 cm³/mol. The highest BCUT2D eigenvalue weighted by atomic mass is 19.2. The Kier molecular flexibility index (Phi) is 3.65. The van der Waals surface area contributed by atoms with Gasteiger partial charge in [-0.25, -0.2) is 13.2 Å². The summed E-state index contributed by atoms with van der Waals surface area (Å²) in [5.41, 5.74) is -0.653. The van der Waals surface area contributed by atoms with Crippen molar-refractivity contribution in [3.05, 3.63) is 35.1 Å². The minimum Gasteiger partial charge on any atom is -0.457 e. The average molecular weight is 232 g/mol. The number of ether oxygens (including phenoxy) is 1. The lowest BCUT2D eigenvalue weighted by atomic mass is 10.1. The van der Waals surface area contributed by atoms with Gasteiger partial charge in [-0.3, -0.25) is 9.59 Å². The van der Waals surface area contributed by atoms with E-state index in [0.717, 1.165) is 6.92 Å². The molecule has 86 valence electrons. The van der Waals surface area contributed by atoms with Gasteiger partial charge < -0.3 is 4.74 Å². The second-order valence-electron chi connectivity index (χ2n) is 2.95. The number of carbonyl (C=O) groups is 2. The number of rotatable bonds is 3. The molecule has 3 nitrogen and oxygen atoms in total. The Labute approximate surface area is 88.8 Å². The van der Waals surface area contributed by atoms with Crippen molar-refractivity contribution in [1.82, 2.24) is 0 Å². The summed E-state index contributed by atoms with van der Waals surface area (Å²) in [6, 6.07) is 0.687. The van der Waals surface area contributed by atoms with Gasteiger partial charge in [-0.2, -0.15) is 0 Å². The molecule has 0 aliphatic heterocycles. The highest BCUT2D eigenvalue weighted by Crippen LogP contribution is 2.14. The fraction of sp³-hybridized carbons (Fsp3) is 0.200. The molecule has 0 N–H and O–H groups in total. The molecule has 6 heteroatoms. The highest BCUT2D eigenvalue weighted by molar-refractivity contribution is 5.98. The van der Waals surface area contributed by atoms with Crippen LogP contribution in [0.5, 0.6) is 0 Å². The maximum atomic E-state index is 13.0. The van der Waals surface area contributed by atoms with Crippen molar-refractivity contribution in [1.29, 1.82) is 0 Å². The number of hydrogen-bond donors (Lipinski definition) is 0. The zero-order chi connectivity index (χ0) is 12.3. The van der Waals surface area contributed by atoms with Crippen LogP contribution in [0.25, 0.3) is 0 Å². The van der Waals surface area contributed by atoms with E-state index in [1.54, 1.807) is 0 Å². The van der Waals surface area contributed by atoms with Gasteiger partial charge in [0, 0.05) is 13.0 Å². The van der Waals surface area contributed by atoms with E-state index < -0.39 is 41.4 Å². The van der Waals surface area contributed by atoms with E-state index in [1.165, 1.54) is 0 Å². The molecule has 0 aliphatic rings. The van der Waals surface area contributed by atoms with Crippen LogP contribution in [0.3, 0.4) is 0 Å². The third-order valence-corrected chi connectivity index (χ3v) is 1.72. The van der Waals surface area contributed by atoms with E-state index in [1.807, 2.05) is 0 Å². The first-order valence-electron chi connectivity index (χ1n) is 4.23. The Balaban J connectivity index is 2.91. The topological polar surface area (TPSA) is 43.4 Å². The molecule has 0 fully saturated rings. The zero-order valence-corrected chi connectivity index (χ0v) is 8.22. The van der Waals surface area contributed by atoms with Crippen molar-refractivity contribution in [2.45, 2.75) is 6.92 Å². The van der Waals surface area contributed by atoms with Gasteiger partial charge in [-0.05, 0) is 6.07 Å². The van der Waals surface area contributed by atoms with Crippen LogP contribution < -0.4 is 0 Å². The average Bonchev–Trinajstić information content (AvgIpc) is 2.20. The van der Waals surface area contributed by atoms with Crippen molar-refractivity contribution in [2.24, 2.45) is 0 Å². The van der Waals surface area contributed by atoms with Gasteiger partial charge in [0.25, 0.3) is 0 Å². The monoisotopic (exact) mass is 232 g/mol. The summed E-state index contributed by atoms with van der Waals surface area (Å²) in [5.74, 6) is -5.59. The Hall–Kier alpha value is -1.85. The Morgan fingerprint density at radius 1 is 1.12 bits per heavy atom. The van der Waals surface area contributed by atoms with Crippen LogP contribution in [0, 0.1) is 17.5 Å². The molecular formula is C10H7F3O3. The number of esters is 1. The largest absolute Gasteiger partial charge is 0.457 e. The number of carbonyl (C=O) groups excluding carboxylic acids is 2. The SMILES string of the molecule is CC(=O)OCC(=O)c1cc(F)c(F)cc1F. The fourth-order valence-electron chi connectivity index (χ4n) is 0.981. The van der Waals surface area contributed by atoms with Crippen LogP contribution in [-0.4, -0.2) is 18.4 Å². The van der Waals surface area contributed by atoms with Crippen molar-refractivity contribution in [3.8, 4) is 0 Å². The van der Waals surface area contributed by atoms with Crippen LogP contribution in [0.2, 0.25) is 0 Å². The number of hydrogen-bond acceptors (Lipinski definition) is 3. The molecule has 0 saturated carbocycles. The summed E-state index contributed by atoms with van der Waals surface area (Å²) < 4.78 is 42.6. The van der Waals surface area contributed by atoms with Crippen LogP contribution in [-0.2, 0) is 9.53 Å². The van der Waals surface area contributed by atoms with E-state index in [-0.39, 0.29) is 6.07 Å². The molecule has 0 aromatic heterocycles. The van der Waals surface area contributed by atoms with Crippen LogP contribution >= 0.6 is 0 Å². The molecule has 0 amide bonds. The standard InChI is InChI=1S/C10H7F3O3/c1-5(14)16-4-10(15)6-2-8(12)9(13)3-7(6)11/h2-3H,4H2,1H3. The molecule has 0 atom stereocenters. The van der Waals surface area contributed by atoms with E-state index in [4.69, 9.17) is 0 Å². The summed E-state index contributed by atoms with van der Waals surface area (Å²) in [6.07, 6.45) is 0. The van der Waals surface area contributed by atoms with Crippen molar-refractivity contribution in [3.63, 3.8) is 0 Å². The first-order valence-corrected chi connectivity index (χ1v) is 4.23. The molecule has 0 saturated heterocycles. The number of Topliss-reactive ketones (excluding diaryl/α,β-unsaturated/α-hetero) is 1. The van der Waals surface area contributed by atoms with Gasteiger partial charge in [0.15, 0.2) is 18.2 Å². The minimum atomic E-state index is -1.39.